The van der Waals surface area contributed by atoms with Crippen molar-refractivity contribution in [1.29, 1.82) is 0 Å². The molecule has 0 aliphatic carbocycles. The molecule has 0 radical (unpaired) electrons. The van der Waals surface area contributed by atoms with Gasteiger partial charge in [0.1, 0.15) is 46.3 Å². The molecule has 0 bridgehead atoms. The number of primary amides is 1. The number of halogens is 8. The maximum absolute atomic E-state index is 16.9. The van der Waals surface area contributed by atoms with Crippen LogP contribution in [0.15, 0.2) is 36.4 Å². The number of carbonyl (C=O) groups excluding carboxylic acids is 3. The molecule has 0 spiro atoms. The molecule has 4 aromatic rings. The fraction of sp³-hybridized carbons (Fsp3) is 0.375. The number of aromatic nitrogens is 4. The number of benzene rings is 2. The predicted molar refractivity (Wildman–Crippen MR) is 200 cm³/mol. The lowest BCUT2D eigenvalue weighted by Gasteiger charge is -2.25. The first-order valence-corrected chi connectivity index (χ1v) is 18.9. The number of likely N-dealkylation sites (tertiary alicyclic amines) is 2. The zero-order valence-electron chi connectivity index (χ0n) is 33.0. The van der Waals surface area contributed by atoms with E-state index in [0.29, 0.717) is 9.36 Å². The maximum Gasteiger partial charge on any atom is 0.420 e. The second-order valence-electron chi connectivity index (χ2n) is 15.3. The SMILES string of the molecule is CN1CCC(O)(C#Cc2ccc3c(c2)-n2nc(C(O)NC4Oc5ccc(C#CC6(O)CCN(C)C6=O)cc5-n5nc(C(N)=O)c(C(F)(F)F)c5C4F)c(C(F)(F)F)c2C(F)CO3)C1=O. The second-order valence-corrected chi connectivity index (χ2v) is 15.3. The number of aliphatic hydroxyl groups is 3. The molecular formula is C40H32F8N8O8. The number of alkyl halides is 8. The average molecular weight is 905 g/mol. The van der Waals surface area contributed by atoms with Gasteiger partial charge in [-0.3, -0.25) is 14.4 Å². The van der Waals surface area contributed by atoms with Gasteiger partial charge in [0.05, 0.1) is 11.4 Å². The number of carbonyl (C=O) groups is 3. The summed E-state index contributed by atoms with van der Waals surface area (Å²) >= 11 is 0. The summed E-state index contributed by atoms with van der Waals surface area (Å²) in [4.78, 5) is 39.7. The van der Waals surface area contributed by atoms with Crippen molar-refractivity contribution in [3.63, 3.8) is 0 Å². The van der Waals surface area contributed by atoms with E-state index in [9.17, 15) is 42.9 Å². The van der Waals surface area contributed by atoms with Gasteiger partial charge in [0.15, 0.2) is 30.5 Å². The lowest BCUT2D eigenvalue weighted by atomic mass is 10.0. The molecule has 6 unspecified atom stereocenters. The van der Waals surface area contributed by atoms with E-state index in [1.54, 1.807) is 0 Å². The first-order chi connectivity index (χ1) is 29.9. The monoisotopic (exact) mass is 904 g/mol. The second kappa shape index (κ2) is 15.2. The Morgan fingerprint density at radius 2 is 1.36 bits per heavy atom. The number of hydrogen-bond donors (Lipinski definition) is 5. The highest BCUT2D eigenvalue weighted by atomic mass is 19.4. The van der Waals surface area contributed by atoms with Crippen LogP contribution in [0.2, 0.25) is 0 Å². The van der Waals surface area contributed by atoms with Crippen LogP contribution in [0.25, 0.3) is 11.4 Å². The Balaban J connectivity index is 1.22. The van der Waals surface area contributed by atoms with Gasteiger partial charge >= 0.3 is 12.4 Å². The van der Waals surface area contributed by atoms with Crippen LogP contribution in [0.1, 0.15) is 81.2 Å². The van der Waals surface area contributed by atoms with Crippen LogP contribution < -0.4 is 20.5 Å². The molecule has 16 nitrogen and oxygen atoms in total. The molecule has 6 atom stereocenters. The average Bonchev–Trinajstić information content (AvgIpc) is 3.94. The predicted octanol–water partition coefficient (Wildman–Crippen LogP) is 2.50. The number of rotatable bonds is 4. The van der Waals surface area contributed by atoms with Gasteiger partial charge in [-0.25, -0.2) is 23.5 Å². The number of aliphatic hydroxyl groups excluding tert-OH is 1. The Morgan fingerprint density at radius 3 is 1.86 bits per heavy atom. The molecule has 336 valence electrons. The first kappa shape index (κ1) is 43.9. The minimum absolute atomic E-state index is 0.00601. The number of nitrogens with two attached hydrogens (primary N) is 1. The zero-order valence-corrected chi connectivity index (χ0v) is 33.0. The van der Waals surface area contributed by atoms with Gasteiger partial charge in [-0.2, -0.15) is 36.5 Å². The summed E-state index contributed by atoms with van der Waals surface area (Å²) in [5.41, 5.74) is -9.32. The van der Waals surface area contributed by atoms with Crippen LogP contribution in [0.4, 0.5) is 35.1 Å². The van der Waals surface area contributed by atoms with Crippen LogP contribution >= 0.6 is 0 Å². The van der Waals surface area contributed by atoms with Crippen molar-refractivity contribution in [2.45, 2.75) is 61.2 Å². The largest absolute Gasteiger partial charge is 0.488 e. The molecule has 2 aromatic heterocycles. The van der Waals surface area contributed by atoms with E-state index < -0.39 is 118 Å². The Kier molecular flexibility index (Phi) is 10.4. The van der Waals surface area contributed by atoms with Crippen molar-refractivity contribution >= 4 is 17.7 Å². The van der Waals surface area contributed by atoms with Gasteiger partial charge in [0.2, 0.25) is 11.2 Å². The lowest BCUT2D eigenvalue weighted by molar-refractivity contribution is -0.142. The van der Waals surface area contributed by atoms with Crippen molar-refractivity contribution in [2.75, 3.05) is 33.8 Å². The number of amides is 3. The van der Waals surface area contributed by atoms with Crippen molar-refractivity contribution in [3.8, 4) is 46.6 Å². The molecule has 4 aliphatic heterocycles. The van der Waals surface area contributed by atoms with E-state index in [-0.39, 0.29) is 48.5 Å². The van der Waals surface area contributed by atoms with Gasteiger partial charge in [0, 0.05) is 51.2 Å². The van der Waals surface area contributed by atoms with Gasteiger partial charge in [-0.05, 0) is 36.4 Å². The highest BCUT2D eigenvalue weighted by Gasteiger charge is 2.50. The van der Waals surface area contributed by atoms with Gasteiger partial charge in [-0.15, -0.1) is 0 Å². The summed E-state index contributed by atoms with van der Waals surface area (Å²) in [5.74, 6) is 6.00. The number of ether oxygens (including phenoxy) is 2. The third-order valence-electron chi connectivity index (χ3n) is 10.9. The Labute approximate surface area is 355 Å². The van der Waals surface area contributed by atoms with Gasteiger partial charge < -0.3 is 40.3 Å². The van der Waals surface area contributed by atoms with Crippen molar-refractivity contribution in [2.24, 2.45) is 5.73 Å². The lowest BCUT2D eigenvalue weighted by Crippen LogP contribution is -2.41. The van der Waals surface area contributed by atoms with Crippen LogP contribution in [0.3, 0.4) is 0 Å². The standard InChI is InChI=1S/C40H32F8N8O8/c1-53-13-11-37(61,35(53)59)9-7-18-3-5-23-21(15-18)55-30(20(41)17-63-23)26(40(46,47)48)29(52-55)33(58)50-34-27(42)31-25(39(43,44)45)28(32(49)57)51-56(31)22-16-19(4-6-24(22)64-34)8-10-38(62)12-14-54(2)36(38)60/h3-6,15-16,20,27,33-34,50,58,61-62H,11-14,17H2,1-2H3,(H2,49,57). The number of nitrogens with zero attached hydrogens (tertiary/aromatic N) is 6. The van der Waals surface area contributed by atoms with E-state index in [1.807, 2.05) is 5.32 Å². The molecule has 2 aromatic carbocycles. The van der Waals surface area contributed by atoms with Gasteiger partial charge in [0.25, 0.3) is 17.7 Å². The minimum atomic E-state index is -5.55. The van der Waals surface area contributed by atoms with Crippen LogP contribution in [-0.4, -0.2) is 114 Å². The number of likely N-dealkylation sites (N-methyl/N-ethyl adjacent to an activating group) is 2. The quantitative estimate of drug-likeness (QED) is 0.114. The summed E-state index contributed by atoms with van der Waals surface area (Å²) in [6.07, 6.45) is -22.3. The highest BCUT2D eigenvalue weighted by Crippen LogP contribution is 2.47. The van der Waals surface area contributed by atoms with Crippen molar-refractivity contribution in [3.05, 3.63) is 81.4 Å². The topological polar surface area (TPSA) is 211 Å². The summed E-state index contributed by atoms with van der Waals surface area (Å²) < 4.78 is 134. The molecule has 8 rings (SSSR count). The fourth-order valence-electron chi connectivity index (χ4n) is 7.69. The molecule has 0 saturated carbocycles. The van der Waals surface area contributed by atoms with E-state index in [1.165, 1.54) is 42.1 Å². The molecule has 3 amide bonds. The van der Waals surface area contributed by atoms with Gasteiger partial charge in [-0.1, -0.05) is 23.7 Å². The summed E-state index contributed by atoms with van der Waals surface area (Å²) in [6.45, 7) is -0.667. The fourth-order valence-corrected chi connectivity index (χ4v) is 7.69. The van der Waals surface area contributed by atoms with Crippen LogP contribution in [-0.2, 0) is 21.9 Å². The van der Waals surface area contributed by atoms with Crippen LogP contribution in [0.5, 0.6) is 11.5 Å². The number of fused-ring (bicyclic) bond motifs is 6. The molecule has 4 aliphatic rings. The third-order valence-corrected chi connectivity index (χ3v) is 10.9. The summed E-state index contributed by atoms with van der Waals surface area (Å²) in [6, 6.07) is 6.82. The molecular weight excluding hydrogens is 872 g/mol. The molecule has 24 heteroatoms. The van der Waals surface area contributed by atoms with Crippen molar-refractivity contribution in [1.82, 2.24) is 34.7 Å². The summed E-state index contributed by atoms with van der Waals surface area (Å²) in [7, 11) is 2.86. The van der Waals surface area contributed by atoms with E-state index in [2.05, 4.69) is 33.9 Å². The minimum Gasteiger partial charge on any atom is -0.488 e. The summed E-state index contributed by atoms with van der Waals surface area (Å²) in [5, 5.41) is 42.4. The molecule has 2 saturated heterocycles. The number of nitrogens with one attached hydrogen (secondary N) is 1. The van der Waals surface area contributed by atoms with E-state index in [4.69, 9.17) is 15.2 Å². The first-order valence-electron chi connectivity index (χ1n) is 18.9. The molecule has 2 fully saturated rings. The van der Waals surface area contributed by atoms with Crippen LogP contribution in [0, 0.1) is 23.7 Å². The smallest absolute Gasteiger partial charge is 0.420 e. The Morgan fingerprint density at radius 1 is 0.844 bits per heavy atom. The molecule has 64 heavy (non-hydrogen) atoms. The van der Waals surface area contributed by atoms with E-state index >= 15 is 22.0 Å². The third kappa shape index (κ3) is 7.40. The van der Waals surface area contributed by atoms with E-state index in [0.717, 1.165) is 18.2 Å². The highest BCUT2D eigenvalue weighted by molar-refractivity contribution is 5.93. The zero-order chi connectivity index (χ0) is 46.4. The van der Waals surface area contributed by atoms with Crippen molar-refractivity contribution < 1.29 is 74.3 Å². The maximum atomic E-state index is 16.9. The Hall–Kier alpha value is -6.73. The number of hydrogen-bond acceptors (Lipinski definition) is 11. The normalized spacial score (nSPS) is 24.4. The molecule has 6 heterocycles. The Bertz CT molecular complexity index is 2770. The molecule has 6 N–H and O–H groups in total.